The molecule has 0 atom stereocenters. The average molecular weight is 352 g/mol. The number of nitrogens with one attached hydrogen (secondary N) is 1. The van der Waals surface area contributed by atoms with Crippen molar-refractivity contribution >= 4 is 27.6 Å². The van der Waals surface area contributed by atoms with Gasteiger partial charge in [0.05, 0.1) is 18.4 Å². The summed E-state index contributed by atoms with van der Waals surface area (Å²) in [7, 11) is 1.30. The van der Waals surface area contributed by atoms with Gasteiger partial charge in [0, 0.05) is 11.0 Å². The lowest BCUT2D eigenvalue weighted by atomic mass is 10.1. The van der Waals surface area contributed by atoms with Crippen LogP contribution >= 0.6 is 15.9 Å². The van der Waals surface area contributed by atoms with Crippen LogP contribution < -0.4 is 5.32 Å². The van der Waals surface area contributed by atoms with Crippen molar-refractivity contribution in [2.75, 3.05) is 12.4 Å². The number of hydrogen-bond acceptors (Lipinski definition) is 3. The third-order valence-corrected chi connectivity index (χ3v) is 3.80. The minimum atomic E-state index is -0.500. The summed E-state index contributed by atoms with van der Waals surface area (Å²) in [6.45, 7) is 2.47. The molecule has 1 N–H and O–H groups in total. The normalized spacial score (nSPS) is 10.3. The van der Waals surface area contributed by atoms with Gasteiger partial charge < -0.3 is 10.1 Å². The lowest BCUT2D eigenvalue weighted by molar-refractivity contribution is 0.0602. The minimum Gasteiger partial charge on any atom is -0.465 e. The number of benzene rings is 2. The number of aryl methyl sites for hydroxylation is 1. The zero-order valence-electron chi connectivity index (χ0n) is 11.7. The number of rotatable bonds is 4. The summed E-state index contributed by atoms with van der Waals surface area (Å²) < 4.78 is 19.0. The second-order valence-electron chi connectivity index (χ2n) is 4.63. The number of carbonyl (C=O) groups excluding carboxylic acids is 1. The van der Waals surface area contributed by atoms with E-state index in [1.165, 1.54) is 25.3 Å². The molecule has 2 aromatic rings. The Morgan fingerprint density at radius 3 is 2.71 bits per heavy atom. The molecule has 0 unspecified atom stereocenters. The maximum Gasteiger partial charge on any atom is 0.339 e. The van der Waals surface area contributed by atoms with Crippen molar-refractivity contribution < 1.29 is 13.9 Å². The van der Waals surface area contributed by atoms with Gasteiger partial charge >= 0.3 is 5.97 Å². The number of esters is 1. The van der Waals surface area contributed by atoms with Crippen LogP contribution in [0.2, 0.25) is 0 Å². The first-order chi connectivity index (χ1) is 10.0. The van der Waals surface area contributed by atoms with Crippen LogP contribution in [-0.2, 0) is 11.3 Å². The van der Waals surface area contributed by atoms with E-state index in [1.54, 1.807) is 0 Å². The number of halogens is 2. The molecule has 2 rings (SSSR count). The number of anilines is 1. The summed E-state index contributed by atoms with van der Waals surface area (Å²) in [5, 5.41) is 3.08. The quantitative estimate of drug-likeness (QED) is 0.834. The van der Waals surface area contributed by atoms with Gasteiger partial charge in [-0.3, -0.25) is 0 Å². The highest BCUT2D eigenvalue weighted by molar-refractivity contribution is 9.10. The minimum absolute atomic E-state index is 0.308. The largest absolute Gasteiger partial charge is 0.465 e. The van der Waals surface area contributed by atoms with Gasteiger partial charge in [0.25, 0.3) is 0 Å². The maximum atomic E-state index is 13.4. The molecule has 0 saturated carbocycles. The highest BCUT2D eigenvalue weighted by Crippen LogP contribution is 2.22. The van der Waals surface area contributed by atoms with Crippen molar-refractivity contribution in [3.05, 3.63) is 63.4 Å². The summed E-state index contributed by atoms with van der Waals surface area (Å²) in [6.07, 6.45) is 0. The SMILES string of the molecule is COC(=O)c1ccc(F)cc1NCc1ccc(C)cc1Br. The topological polar surface area (TPSA) is 38.3 Å². The predicted molar refractivity (Wildman–Crippen MR) is 83.9 cm³/mol. The molecule has 0 fully saturated rings. The van der Waals surface area contributed by atoms with Gasteiger partial charge in [-0.2, -0.15) is 0 Å². The van der Waals surface area contributed by atoms with Gasteiger partial charge in [-0.1, -0.05) is 28.1 Å². The van der Waals surface area contributed by atoms with Gasteiger partial charge in [-0.25, -0.2) is 9.18 Å². The van der Waals surface area contributed by atoms with Gasteiger partial charge in [0.2, 0.25) is 0 Å². The van der Waals surface area contributed by atoms with Crippen molar-refractivity contribution in [3.63, 3.8) is 0 Å². The molecule has 110 valence electrons. The second-order valence-corrected chi connectivity index (χ2v) is 5.48. The van der Waals surface area contributed by atoms with Crippen LogP contribution in [0.4, 0.5) is 10.1 Å². The average Bonchev–Trinajstić information content (AvgIpc) is 2.45. The van der Waals surface area contributed by atoms with E-state index in [2.05, 4.69) is 21.2 Å². The Hall–Kier alpha value is -1.88. The third kappa shape index (κ3) is 3.82. The van der Waals surface area contributed by atoms with E-state index < -0.39 is 11.8 Å². The molecule has 0 heterocycles. The predicted octanol–water partition coefficient (Wildman–Crippen LogP) is 4.30. The first kappa shape index (κ1) is 15.5. The summed E-state index contributed by atoms with van der Waals surface area (Å²) >= 11 is 3.49. The lowest BCUT2D eigenvalue weighted by Crippen LogP contribution is -2.09. The van der Waals surface area contributed by atoms with Crippen LogP contribution in [0.15, 0.2) is 40.9 Å². The molecule has 2 aromatic carbocycles. The molecule has 0 spiro atoms. The fourth-order valence-electron chi connectivity index (χ4n) is 1.94. The van der Waals surface area contributed by atoms with Gasteiger partial charge in [0.15, 0.2) is 0 Å². The summed E-state index contributed by atoms with van der Waals surface area (Å²) in [5.74, 6) is -0.909. The third-order valence-electron chi connectivity index (χ3n) is 3.06. The van der Waals surface area contributed by atoms with E-state index in [9.17, 15) is 9.18 Å². The number of ether oxygens (including phenoxy) is 1. The zero-order valence-corrected chi connectivity index (χ0v) is 13.3. The molecule has 0 aliphatic heterocycles. The molecule has 0 aromatic heterocycles. The van der Waals surface area contributed by atoms with E-state index in [0.29, 0.717) is 17.8 Å². The maximum absolute atomic E-state index is 13.4. The van der Waals surface area contributed by atoms with Crippen LogP contribution in [0.5, 0.6) is 0 Å². The van der Waals surface area contributed by atoms with E-state index >= 15 is 0 Å². The standard InChI is InChI=1S/C16H15BrFNO2/c1-10-3-4-11(14(17)7-10)9-19-15-8-12(18)5-6-13(15)16(20)21-2/h3-8,19H,9H2,1-2H3. The molecule has 0 saturated heterocycles. The van der Waals surface area contributed by atoms with E-state index in [4.69, 9.17) is 4.74 Å². The molecule has 21 heavy (non-hydrogen) atoms. The Morgan fingerprint density at radius 1 is 1.29 bits per heavy atom. The molecular weight excluding hydrogens is 337 g/mol. The molecule has 0 aliphatic carbocycles. The first-order valence-electron chi connectivity index (χ1n) is 6.38. The Balaban J connectivity index is 2.23. The smallest absolute Gasteiger partial charge is 0.339 e. The van der Waals surface area contributed by atoms with Gasteiger partial charge in [-0.15, -0.1) is 0 Å². The number of carbonyl (C=O) groups is 1. The fraction of sp³-hybridized carbons (Fsp3) is 0.188. The highest BCUT2D eigenvalue weighted by atomic mass is 79.9. The fourth-order valence-corrected chi connectivity index (χ4v) is 2.57. The molecular formula is C16H15BrFNO2. The first-order valence-corrected chi connectivity index (χ1v) is 7.17. The summed E-state index contributed by atoms with van der Waals surface area (Å²) in [6, 6.07) is 9.91. The Morgan fingerprint density at radius 2 is 2.05 bits per heavy atom. The van der Waals surface area contributed by atoms with Gasteiger partial charge in [-0.05, 0) is 42.3 Å². The Kier molecular flexibility index (Phi) is 4.96. The van der Waals surface area contributed by atoms with Crippen molar-refractivity contribution in [1.29, 1.82) is 0 Å². The molecule has 0 amide bonds. The van der Waals surface area contributed by atoms with Crippen LogP contribution in [0.1, 0.15) is 21.5 Å². The lowest BCUT2D eigenvalue weighted by Gasteiger charge is -2.12. The number of methoxy groups -OCH3 is 1. The Labute approximate surface area is 131 Å². The summed E-state index contributed by atoms with van der Waals surface area (Å²) in [4.78, 5) is 11.7. The molecule has 5 heteroatoms. The van der Waals surface area contributed by atoms with Crippen molar-refractivity contribution in [3.8, 4) is 0 Å². The Bertz CT molecular complexity index is 673. The van der Waals surface area contributed by atoms with Crippen molar-refractivity contribution in [2.45, 2.75) is 13.5 Å². The van der Waals surface area contributed by atoms with Crippen LogP contribution in [0.25, 0.3) is 0 Å². The van der Waals surface area contributed by atoms with Crippen LogP contribution in [-0.4, -0.2) is 13.1 Å². The van der Waals surface area contributed by atoms with E-state index in [1.807, 2.05) is 25.1 Å². The van der Waals surface area contributed by atoms with Crippen molar-refractivity contribution in [1.82, 2.24) is 0 Å². The summed E-state index contributed by atoms with van der Waals surface area (Å²) in [5.41, 5.74) is 2.88. The molecule has 0 bridgehead atoms. The van der Waals surface area contributed by atoms with E-state index in [0.717, 1.165) is 15.6 Å². The van der Waals surface area contributed by atoms with Crippen molar-refractivity contribution in [2.24, 2.45) is 0 Å². The number of hydrogen-bond donors (Lipinski definition) is 1. The van der Waals surface area contributed by atoms with E-state index in [-0.39, 0.29) is 0 Å². The molecule has 0 aliphatic rings. The second kappa shape index (κ2) is 6.72. The molecule has 3 nitrogen and oxygen atoms in total. The zero-order chi connectivity index (χ0) is 15.4. The van der Waals surface area contributed by atoms with Crippen LogP contribution in [0.3, 0.4) is 0 Å². The highest BCUT2D eigenvalue weighted by Gasteiger charge is 2.13. The molecule has 0 radical (unpaired) electrons. The van der Waals surface area contributed by atoms with Crippen LogP contribution in [0, 0.1) is 12.7 Å². The van der Waals surface area contributed by atoms with Gasteiger partial charge in [0.1, 0.15) is 5.82 Å². The monoisotopic (exact) mass is 351 g/mol.